The zero-order valence-electron chi connectivity index (χ0n) is 17.0. The predicted octanol–water partition coefficient (Wildman–Crippen LogP) is 1.73. The average molecular weight is 425 g/mol. The number of methoxy groups -OCH3 is 1. The lowest BCUT2D eigenvalue weighted by molar-refractivity contribution is -0.384. The number of H-pyrrole nitrogens is 1. The minimum Gasteiger partial charge on any atom is -0.383 e. The number of hydrogen-bond acceptors (Lipinski definition) is 7. The molecule has 2 aromatic carbocycles. The monoisotopic (exact) mass is 425 g/mol. The fourth-order valence-electron chi connectivity index (χ4n) is 3.27. The molecule has 0 aliphatic carbocycles. The third-order valence-corrected chi connectivity index (χ3v) is 4.77. The fraction of sp³-hybridized carbons (Fsp3) is 0.238. The lowest BCUT2D eigenvalue weighted by Gasteiger charge is -2.26. The number of nitro benzene ring substituents is 1. The number of rotatable bonds is 9. The molecule has 1 heterocycles. The highest BCUT2D eigenvalue weighted by molar-refractivity contribution is 5.63. The number of nitrogen functional groups attached to an aromatic ring is 1. The highest BCUT2D eigenvalue weighted by Gasteiger charge is 2.20. The van der Waals surface area contributed by atoms with Crippen molar-refractivity contribution < 1.29 is 9.66 Å². The van der Waals surface area contributed by atoms with Gasteiger partial charge in [-0.15, -0.1) is 0 Å². The molecule has 0 saturated heterocycles. The van der Waals surface area contributed by atoms with E-state index in [0.717, 1.165) is 5.56 Å². The second kappa shape index (κ2) is 9.72. The van der Waals surface area contributed by atoms with Gasteiger partial charge in [0.25, 0.3) is 11.2 Å². The van der Waals surface area contributed by atoms with Gasteiger partial charge in [-0.1, -0.05) is 42.5 Å². The van der Waals surface area contributed by atoms with E-state index in [9.17, 15) is 19.7 Å². The first-order valence-corrected chi connectivity index (χ1v) is 9.54. The molecule has 10 nitrogen and oxygen atoms in total. The first-order chi connectivity index (χ1) is 14.9. The molecule has 3 rings (SSSR count). The Morgan fingerprint density at radius 1 is 1.13 bits per heavy atom. The van der Waals surface area contributed by atoms with Crippen LogP contribution in [0.5, 0.6) is 0 Å². The van der Waals surface area contributed by atoms with E-state index < -0.39 is 16.2 Å². The van der Waals surface area contributed by atoms with Crippen molar-refractivity contribution in [3.63, 3.8) is 0 Å². The van der Waals surface area contributed by atoms with Crippen molar-refractivity contribution in [2.24, 2.45) is 0 Å². The Bertz CT molecular complexity index is 1170. The van der Waals surface area contributed by atoms with Gasteiger partial charge in [-0.2, -0.15) is 0 Å². The summed E-state index contributed by atoms with van der Waals surface area (Å²) in [5.41, 5.74) is 6.56. The Morgan fingerprint density at radius 3 is 2.52 bits per heavy atom. The zero-order valence-corrected chi connectivity index (χ0v) is 17.0. The van der Waals surface area contributed by atoms with Gasteiger partial charge >= 0.3 is 5.69 Å². The van der Waals surface area contributed by atoms with Gasteiger partial charge in [0.1, 0.15) is 11.5 Å². The number of non-ortho nitro benzene ring substituents is 1. The van der Waals surface area contributed by atoms with E-state index >= 15 is 0 Å². The maximum absolute atomic E-state index is 12.7. The van der Waals surface area contributed by atoms with Gasteiger partial charge in [-0.25, -0.2) is 4.79 Å². The third kappa shape index (κ3) is 5.17. The summed E-state index contributed by atoms with van der Waals surface area (Å²) in [7, 11) is 1.52. The molecule has 3 aromatic rings. The lowest BCUT2D eigenvalue weighted by Crippen LogP contribution is -2.39. The van der Waals surface area contributed by atoms with Gasteiger partial charge in [-0.05, 0) is 11.1 Å². The minimum absolute atomic E-state index is 0.0131. The third-order valence-electron chi connectivity index (χ3n) is 4.77. The second-order valence-electron chi connectivity index (χ2n) is 6.91. The SMILES string of the molecule is COCCN(Cc1cccc([N+](=O)[O-])c1)c1c(N)n(Cc2ccccc2)c(=O)[nH]c1=O. The topological polar surface area (TPSA) is 136 Å². The number of hydrogen-bond donors (Lipinski definition) is 2. The molecule has 1 aromatic heterocycles. The van der Waals surface area contributed by atoms with Crippen LogP contribution in [-0.4, -0.2) is 34.7 Å². The van der Waals surface area contributed by atoms with E-state index in [1.54, 1.807) is 17.0 Å². The number of nitrogens with one attached hydrogen (secondary N) is 1. The fourth-order valence-corrected chi connectivity index (χ4v) is 3.27. The summed E-state index contributed by atoms with van der Waals surface area (Å²) in [6.07, 6.45) is 0. The highest BCUT2D eigenvalue weighted by Crippen LogP contribution is 2.21. The Labute approximate surface area is 177 Å². The van der Waals surface area contributed by atoms with Gasteiger partial charge in [0, 0.05) is 32.3 Å². The van der Waals surface area contributed by atoms with E-state index in [4.69, 9.17) is 10.5 Å². The molecule has 0 fully saturated rings. The molecule has 0 saturated carbocycles. The predicted molar refractivity (Wildman–Crippen MR) is 117 cm³/mol. The normalized spacial score (nSPS) is 10.7. The molecule has 0 amide bonds. The van der Waals surface area contributed by atoms with Crippen molar-refractivity contribution in [3.8, 4) is 0 Å². The first kappa shape index (κ1) is 21.8. The van der Waals surface area contributed by atoms with Gasteiger partial charge in [0.05, 0.1) is 18.1 Å². The van der Waals surface area contributed by atoms with E-state index in [-0.39, 0.29) is 43.4 Å². The average Bonchev–Trinajstić information content (AvgIpc) is 2.75. The van der Waals surface area contributed by atoms with E-state index in [0.29, 0.717) is 5.56 Å². The Hall–Kier alpha value is -3.92. The Morgan fingerprint density at radius 2 is 1.84 bits per heavy atom. The van der Waals surface area contributed by atoms with Gasteiger partial charge in [-0.3, -0.25) is 24.5 Å². The quantitative estimate of drug-likeness (QED) is 0.393. The van der Waals surface area contributed by atoms with Crippen molar-refractivity contribution in [2.45, 2.75) is 13.1 Å². The van der Waals surface area contributed by atoms with Crippen LogP contribution in [0.3, 0.4) is 0 Å². The summed E-state index contributed by atoms with van der Waals surface area (Å²) < 4.78 is 6.44. The van der Waals surface area contributed by atoms with Crippen LogP contribution in [0.4, 0.5) is 17.2 Å². The molecule has 0 atom stereocenters. The number of benzene rings is 2. The van der Waals surface area contributed by atoms with E-state index in [2.05, 4.69) is 4.98 Å². The van der Waals surface area contributed by atoms with Crippen LogP contribution < -0.4 is 21.9 Å². The smallest absolute Gasteiger partial charge is 0.330 e. The summed E-state index contributed by atoms with van der Waals surface area (Å²) in [6.45, 7) is 0.924. The Balaban J connectivity index is 2.03. The molecule has 31 heavy (non-hydrogen) atoms. The number of nitrogens with two attached hydrogens (primary N) is 1. The largest absolute Gasteiger partial charge is 0.383 e. The number of ether oxygens (including phenoxy) is 1. The molecule has 162 valence electrons. The number of anilines is 2. The van der Waals surface area contributed by atoms with Crippen molar-refractivity contribution in [2.75, 3.05) is 30.9 Å². The summed E-state index contributed by atoms with van der Waals surface area (Å²) in [6, 6.07) is 15.4. The lowest BCUT2D eigenvalue weighted by atomic mass is 10.1. The maximum Gasteiger partial charge on any atom is 0.330 e. The number of aromatic amines is 1. The maximum atomic E-state index is 12.7. The van der Waals surface area contributed by atoms with Crippen molar-refractivity contribution >= 4 is 17.2 Å². The van der Waals surface area contributed by atoms with Crippen LogP contribution in [0.25, 0.3) is 0 Å². The molecule has 0 unspecified atom stereocenters. The van der Waals surface area contributed by atoms with Crippen LogP contribution in [-0.2, 0) is 17.8 Å². The Kier molecular flexibility index (Phi) is 6.83. The molecule has 3 N–H and O–H groups in total. The van der Waals surface area contributed by atoms with E-state index in [1.807, 2.05) is 30.3 Å². The molecular formula is C21H23N5O5. The van der Waals surface area contributed by atoms with Gasteiger partial charge in [0.15, 0.2) is 0 Å². The van der Waals surface area contributed by atoms with Crippen LogP contribution in [0.2, 0.25) is 0 Å². The summed E-state index contributed by atoms with van der Waals surface area (Å²) >= 11 is 0. The van der Waals surface area contributed by atoms with E-state index in [1.165, 1.54) is 23.8 Å². The highest BCUT2D eigenvalue weighted by atomic mass is 16.6. The molecule has 10 heteroatoms. The standard InChI is InChI=1S/C21H23N5O5/c1-31-11-10-24(13-16-8-5-9-17(12-16)26(29)30)18-19(22)25(21(28)23-20(18)27)14-15-6-3-2-4-7-15/h2-9,12H,10-11,13-14,22H2,1H3,(H,23,27,28). The van der Waals surface area contributed by atoms with Gasteiger partial charge < -0.3 is 15.4 Å². The van der Waals surface area contributed by atoms with Crippen LogP contribution in [0, 0.1) is 10.1 Å². The second-order valence-corrected chi connectivity index (χ2v) is 6.91. The number of nitrogens with zero attached hydrogens (tertiary/aromatic N) is 3. The van der Waals surface area contributed by atoms with Crippen LogP contribution in [0.15, 0.2) is 64.2 Å². The number of nitro groups is 1. The molecule has 0 aliphatic heterocycles. The van der Waals surface area contributed by atoms with Crippen molar-refractivity contribution in [1.82, 2.24) is 9.55 Å². The zero-order chi connectivity index (χ0) is 22.4. The molecule has 0 radical (unpaired) electrons. The van der Waals surface area contributed by atoms with Crippen LogP contribution in [0.1, 0.15) is 11.1 Å². The minimum atomic E-state index is -0.631. The summed E-state index contributed by atoms with van der Waals surface area (Å²) in [4.78, 5) is 39.7. The summed E-state index contributed by atoms with van der Waals surface area (Å²) in [5, 5.41) is 11.1. The number of aromatic nitrogens is 2. The molecular weight excluding hydrogens is 402 g/mol. The molecule has 0 bridgehead atoms. The van der Waals surface area contributed by atoms with Gasteiger partial charge in [0.2, 0.25) is 0 Å². The first-order valence-electron chi connectivity index (χ1n) is 9.54. The molecule has 0 aliphatic rings. The van der Waals surface area contributed by atoms with Crippen LogP contribution >= 0.6 is 0 Å². The van der Waals surface area contributed by atoms with Crippen molar-refractivity contribution in [3.05, 3.63) is 96.7 Å². The summed E-state index contributed by atoms with van der Waals surface area (Å²) in [5.74, 6) is 0.0131. The van der Waals surface area contributed by atoms with Crippen molar-refractivity contribution in [1.29, 1.82) is 0 Å². The molecule has 0 spiro atoms.